The zero-order valence-electron chi connectivity index (χ0n) is 20.4. The van der Waals surface area contributed by atoms with Crippen LogP contribution in [0.5, 0.6) is 0 Å². The SMILES string of the molecule is CC1(C(=O)O)C=CC=C(C(=O)O)C1.c1ccc(CN2CCc3ccccc3C2c2ccccc2)cc1. The van der Waals surface area contributed by atoms with Crippen molar-refractivity contribution >= 4 is 11.9 Å². The third-order valence-corrected chi connectivity index (χ3v) is 6.81. The molecule has 2 unspecified atom stereocenters. The second-order valence-corrected chi connectivity index (χ2v) is 9.47. The zero-order valence-corrected chi connectivity index (χ0v) is 20.4. The van der Waals surface area contributed by atoms with Gasteiger partial charge in [0.2, 0.25) is 0 Å². The van der Waals surface area contributed by atoms with E-state index in [1.807, 2.05) is 0 Å². The van der Waals surface area contributed by atoms with Gasteiger partial charge < -0.3 is 10.2 Å². The fraction of sp³-hybridized carbons (Fsp3) is 0.226. The summed E-state index contributed by atoms with van der Waals surface area (Å²) in [4.78, 5) is 23.9. The molecule has 0 amide bonds. The van der Waals surface area contributed by atoms with Crippen molar-refractivity contribution in [2.24, 2.45) is 5.41 Å². The van der Waals surface area contributed by atoms with Crippen LogP contribution in [-0.2, 0) is 22.6 Å². The average Bonchev–Trinajstić information content (AvgIpc) is 2.90. The second-order valence-electron chi connectivity index (χ2n) is 9.47. The minimum Gasteiger partial charge on any atom is -0.481 e. The molecule has 3 aromatic rings. The van der Waals surface area contributed by atoms with E-state index in [4.69, 9.17) is 10.2 Å². The summed E-state index contributed by atoms with van der Waals surface area (Å²) in [6.45, 7) is 3.60. The van der Waals surface area contributed by atoms with Crippen molar-refractivity contribution < 1.29 is 19.8 Å². The molecule has 0 saturated carbocycles. The molecule has 184 valence electrons. The molecule has 5 nitrogen and oxygen atoms in total. The first-order valence-corrected chi connectivity index (χ1v) is 12.1. The Bertz CT molecular complexity index is 1270. The Morgan fingerprint density at radius 3 is 2.22 bits per heavy atom. The lowest BCUT2D eigenvalue weighted by molar-refractivity contribution is -0.145. The van der Waals surface area contributed by atoms with Gasteiger partial charge in [-0.25, -0.2) is 4.79 Å². The summed E-state index contributed by atoms with van der Waals surface area (Å²) in [5.74, 6) is -2.06. The minimum absolute atomic E-state index is 0.0359. The van der Waals surface area contributed by atoms with Crippen LogP contribution in [0.3, 0.4) is 0 Å². The molecular formula is C31H31NO4. The van der Waals surface area contributed by atoms with E-state index in [9.17, 15) is 9.59 Å². The van der Waals surface area contributed by atoms with Crippen LogP contribution in [0.2, 0.25) is 0 Å². The Hall–Kier alpha value is -3.96. The summed E-state index contributed by atoms with van der Waals surface area (Å²) in [7, 11) is 0. The molecule has 0 spiro atoms. The summed E-state index contributed by atoms with van der Waals surface area (Å²) >= 11 is 0. The lowest BCUT2D eigenvalue weighted by Gasteiger charge is -2.37. The van der Waals surface area contributed by atoms with E-state index in [1.165, 1.54) is 47.4 Å². The first-order chi connectivity index (χ1) is 17.4. The smallest absolute Gasteiger partial charge is 0.331 e. The average molecular weight is 482 g/mol. The molecule has 1 aliphatic heterocycles. The van der Waals surface area contributed by atoms with Crippen LogP contribution in [-0.4, -0.2) is 33.6 Å². The summed E-state index contributed by atoms with van der Waals surface area (Å²) in [6.07, 6.45) is 5.57. The number of nitrogens with zero attached hydrogens (tertiary/aromatic N) is 1. The van der Waals surface area contributed by atoms with Crippen LogP contribution < -0.4 is 0 Å². The van der Waals surface area contributed by atoms with Gasteiger partial charge in [0.15, 0.2) is 0 Å². The lowest BCUT2D eigenvalue weighted by atomic mass is 9.80. The van der Waals surface area contributed by atoms with Crippen LogP contribution >= 0.6 is 0 Å². The monoisotopic (exact) mass is 481 g/mol. The standard InChI is InChI=1S/C22H21N.C9H10O4/c1-3-9-18(10-4-1)17-23-16-15-19-11-7-8-14-21(19)22(23)20-12-5-2-6-13-20;1-9(8(12)13)4-2-3-6(5-9)7(10)11/h1-14,22H,15-17H2;2-4H,5H2,1H3,(H,10,11)(H,12,13). The fourth-order valence-electron chi connectivity index (χ4n) is 4.82. The predicted molar refractivity (Wildman–Crippen MR) is 141 cm³/mol. The minimum atomic E-state index is -1.08. The number of carboxylic acid groups (broad SMARTS) is 2. The summed E-state index contributed by atoms with van der Waals surface area (Å²) in [5.41, 5.74) is 4.77. The van der Waals surface area contributed by atoms with Crippen molar-refractivity contribution in [3.8, 4) is 0 Å². The van der Waals surface area contributed by atoms with Crippen molar-refractivity contribution in [3.05, 3.63) is 131 Å². The number of aliphatic carboxylic acids is 2. The third-order valence-electron chi connectivity index (χ3n) is 6.81. The van der Waals surface area contributed by atoms with Crippen LogP contribution in [0.4, 0.5) is 0 Å². The molecule has 2 N–H and O–H groups in total. The fourth-order valence-corrected chi connectivity index (χ4v) is 4.82. The highest BCUT2D eigenvalue weighted by molar-refractivity contribution is 5.90. The largest absolute Gasteiger partial charge is 0.481 e. The third kappa shape index (κ3) is 5.81. The lowest BCUT2D eigenvalue weighted by Crippen LogP contribution is -2.35. The van der Waals surface area contributed by atoms with E-state index >= 15 is 0 Å². The Morgan fingerprint density at radius 1 is 0.917 bits per heavy atom. The summed E-state index contributed by atoms with van der Waals surface area (Å²) in [5, 5.41) is 17.5. The molecule has 3 aromatic carbocycles. The van der Waals surface area contributed by atoms with Gasteiger partial charge in [0.25, 0.3) is 0 Å². The van der Waals surface area contributed by atoms with Gasteiger partial charge in [-0.15, -0.1) is 0 Å². The summed E-state index contributed by atoms with van der Waals surface area (Å²) in [6, 6.07) is 30.9. The van der Waals surface area contributed by atoms with Crippen molar-refractivity contribution in [2.45, 2.75) is 32.4 Å². The normalized spacial score (nSPS) is 20.9. The van der Waals surface area contributed by atoms with Crippen molar-refractivity contribution in [1.82, 2.24) is 4.90 Å². The number of carbonyl (C=O) groups is 2. The summed E-state index contributed by atoms with van der Waals surface area (Å²) < 4.78 is 0. The van der Waals surface area contributed by atoms with E-state index in [1.54, 1.807) is 0 Å². The first kappa shape index (κ1) is 25.1. The maximum atomic E-state index is 10.8. The molecule has 2 atom stereocenters. The van der Waals surface area contributed by atoms with Crippen LogP contribution in [0.15, 0.2) is 109 Å². The molecule has 2 aliphatic rings. The number of benzene rings is 3. The molecule has 0 bridgehead atoms. The molecule has 0 aromatic heterocycles. The van der Waals surface area contributed by atoms with E-state index in [0.29, 0.717) is 6.04 Å². The van der Waals surface area contributed by atoms with E-state index < -0.39 is 17.4 Å². The molecule has 0 radical (unpaired) electrons. The van der Waals surface area contributed by atoms with Crippen LogP contribution in [0.1, 0.15) is 41.6 Å². The molecule has 1 heterocycles. The van der Waals surface area contributed by atoms with Gasteiger partial charge in [-0.1, -0.05) is 103 Å². The highest BCUT2D eigenvalue weighted by Gasteiger charge is 2.34. The number of allylic oxidation sites excluding steroid dienone is 2. The van der Waals surface area contributed by atoms with Crippen molar-refractivity contribution in [2.75, 3.05) is 6.54 Å². The number of hydrogen-bond acceptors (Lipinski definition) is 3. The molecule has 1 aliphatic carbocycles. The van der Waals surface area contributed by atoms with Gasteiger partial charge in [-0.05, 0) is 42.0 Å². The van der Waals surface area contributed by atoms with Gasteiger partial charge >= 0.3 is 11.9 Å². The first-order valence-electron chi connectivity index (χ1n) is 12.1. The van der Waals surface area contributed by atoms with Gasteiger partial charge in [-0.3, -0.25) is 9.69 Å². The van der Waals surface area contributed by atoms with Gasteiger partial charge in [0.1, 0.15) is 0 Å². The maximum Gasteiger partial charge on any atom is 0.331 e. The zero-order chi connectivity index (χ0) is 25.5. The van der Waals surface area contributed by atoms with Crippen LogP contribution in [0.25, 0.3) is 0 Å². The maximum absolute atomic E-state index is 10.8. The topological polar surface area (TPSA) is 77.8 Å². The Balaban J connectivity index is 0.000000200. The quantitative estimate of drug-likeness (QED) is 0.476. The molecular weight excluding hydrogens is 450 g/mol. The predicted octanol–water partition coefficient (Wildman–Crippen LogP) is 5.88. The van der Waals surface area contributed by atoms with E-state index in [0.717, 1.165) is 19.5 Å². The highest BCUT2D eigenvalue weighted by atomic mass is 16.4. The number of hydrogen-bond donors (Lipinski definition) is 2. The van der Waals surface area contributed by atoms with Gasteiger partial charge in [-0.2, -0.15) is 0 Å². The molecule has 0 saturated heterocycles. The number of fused-ring (bicyclic) bond motifs is 1. The van der Waals surface area contributed by atoms with Crippen LogP contribution in [0, 0.1) is 5.41 Å². The second kappa shape index (κ2) is 11.2. The van der Waals surface area contributed by atoms with Crippen molar-refractivity contribution in [1.29, 1.82) is 0 Å². The van der Waals surface area contributed by atoms with Gasteiger partial charge in [0, 0.05) is 18.7 Å². The van der Waals surface area contributed by atoms with Crippen molar-refractivity contribution in [3.63, 3.8) is 0 Å². The molecule has 5 heteroatoms. The molecule has 0 fully saturated rings. The van der Waals surface area contributed by atoms with Gasteiger partial charge in [0.05, 0.1) is 11.5 Å². The van der Waals surface area contributed by atoms with E-state index in [2.05, 4.69) is 89.8 Å². The van der Waals surface area contributed by atoms with E-state index in [-0.39, 0.29) is 12.0 Å². The number of rotatable bonds is 5. The Kier molecular flexibility index (Phi) is 7.81. The molecule has 36 heavy (non-hydrogen) atoms. The Labute approximate surface area is 212 Å². The number of carboxylic acids is 2. The molecule has 5 rings (SSSR count). The highest BCUT2D eigenvalue weighted by Crippen LogP contribution is 2.36. The Morgan fingerprint density at radius 2 is 1.56 bits per heavy atom.